The van der Waals surface area contributed by atoms with E-state index in [0.29, 0.717) is 0 Å². The molecule has 5 atom stereocenters. The van der Waals surface area contributed by atoms with E-state index in [4.69, 9.17) is 15.6 Å². The van der Waals surface area contributed by atoms with Crippen LogP contribution in [0.4, 0.5) is 0 Å². The van der Waals surface area contributed by atoms with Crippen LogP contribution in [0.3, 0.4) is 0 Å². The molecule has 1 heterocycles. The van der Waals surface area contributed by atoms with Gasteiger partial charge in [0.1, 0.15) is 18.3 Å². The van der Waals surface area contributed by atoms with Crippen LogP contribution in [0.2, 0.25) is 0 Å². The van der Waals surface area contributed by atoms with Crippen molar-refractivity contribution < 1.29 is 30.3 Å². The fraction of sp³-hybridized carbons (Fsp3) is 0.500. The van der Waals surface area contributed by atoms with Crippen molar-refractivity contribution in [2.75, 3.05) is 6.61 Å². The molecule has 2 rings (SSSR count). The molecule has 1 aliphatic rings. The van der Waals surface area contributed by atoms with Gasteiger partial charge in [-0.25, -0.2) is 0 Å². The Hall–Kier alpha value is -1.06. The summed E-state index contributed by atoms with van der Waals surface area (Å²) in [6.45, 7) is -0.649. The molecule has 7 heteroatoms. The van der Waals surface area contributed by atoms with Gasteiger partial charge in [-0.3, -0.25) is 5.73 Å². The summed E-state index contributed by atoms with van der Waals surface area (Å²) in [6.07, 6.45) is -4.78. The molecule has 7 N–H and O–H groups in total. The molecule has 0 saturated carbocycles. The summed E-state index contributed by atoms with van der Waals surface area (Å²) in [6, 6.07) is 7.73. The Balaban J connectivity index is 2.48. The number of aliphatic hydroxyl groups is 5. The zero-order valence-electron chi connectivity index (χ0n) is 10.0. The molecule has 1 fully saturated rings. The monoisotopic (exact) mass is 271 g/mol. The highest BCUT2D eigenvalue weighted by atomic mass is 16.7. The second kappa shape index (κ2) is 4.80. The van der Waals surface area contributed by atoms with Gasteiger partial charge < -0.3 is 30.3 Å². The van der Waals surface area contributed by atoms with E-state index < -0.39 is 36.4 Å². The summed E-state index contributed by atoms with van der Waals surface area (Å²) in [5.41, 5.74) is 3.00. The van der Waals surface area contributed by atoms with Crippen LogP contribution in [0.1, 0.15) is 5.56 Å². The number of aliphatic hydroxyl groups excluding tert-OH is 3. The lowest BCUT2D eigenvalue weighted by Crippen LogP contribution is -2.75. The molecule has 0 aliphatic carbocycles. The molecule has 0 aromatic heterocycles. The zero-order chi connectivity index (χ0) is 14.3. The molecule has 7 nitrogen and oxygen atoms in total. The predicted molar refractivity (Wildman–Crippen MR) is 63.4 cm³/mol. The number of ether oxygens (including phenoxy) is 1. The van der Waals surface area contributed by atoms with Gasteiger partial charge in [0.2, 0.25) is 11.5 Å². The maximum atomic E-state index is 10.5. The molecular weight excluding hydrogens is 254 g/mol. The number of hydrogen-bond acceptors (Lipinski definition) is 7. The lowest BCUT2D eigenvalue weighted by molar-refractivity contribution is -0.396. The smallest absolute Gasteiger partial charge is 0.239 e. The Labute approximate surface area is 109 Å². The summed E-state index contributed by atoms with van der Waals surface area (Å²) in [5.74, 6) is -2.44. The Morgan fingerprint density at radius 2 is 1.74 bits per heavy atom. The quantitative estimate of drug-likeness (QED) is 0.330. The maximum Gasteiger partial charge on any atom is 0.239 e. The molecule has 0 amide bonds. The summed E-state index contributed by atoms with van der Waals surface area (Å²) < 4.78 is 5.13. The van der Waals surface area contributed by atoms with E-state index in [1.807, 2.05) is 0 Å². The zero-order valence-corrected chi connectivity index (χ0v) is 10.0. The average molecular weight is 271 g/mol. The molecule has 1 aromatic carbocycles. The van der Waals surface area contributed by atoms with Crippen LogP contribution in [0.25, 0.3) is 0 Å². The molecule has 19 heavy (non-hydrogen) atoms. The van der Waals surface area contributed by atoms with Crippen molar-refractivity contribution in [1.82, 2.24) is 0 Å². The van der Waals surface area contributed by atoms with Crippen LogP contribution in [0.15, 0.2) is 30.3 Å². The lowest BCUT2D eigenvalue weighted by atomic mass is 9.83. The Kier molecular flexibility index (Phi) is 3.63. The third-order valence-corrected chi connectivity index (χ3v) is 3.37. The number of rotatable bonds is 2. The van der Waals surface area contributed by atoms with Gasteiger partial charge in [-0.15, -0.1) is 0 Å². The van der Waals surface area contributed by atoms with Gasteiger partial charge in [-0.05, 0) is 0 Å². The number of benzene rings is 1. The maximum absolute atomic E-state index is 10.5. The number of nitrogens with two attached hydrogens (primary N) is 1. The SMILES string of the molecule is N[C@@]1(O)[C@@H](O)[C@@H](O)[C@@H](CO)O[C@]1(O)c1ccccc1. The van der Waals surface area contributed by atoms with Gasteiger partial charge in [0.25, 0.3) is 0 Å². The van der Waals surface area contributed by atoms with Crippen LogP contribution >= 0.6 is 0 Å². The van der Waals surface area contributed by atoms with E-state index in [2.05, 4.69) is 0 Å². The first-order valence-corrected chi connectivity index (χ1v) is 5.78. The van der Waals surface area contributed by atoms with Gasteiger partial charge in [0, 0.05) is 5.56 Å². The van der Waals surface area contributed by atoms with Gasteiger partial charge >= 0.3 is 0 Å². The van der Waals surface area contributed by atoms with Crippen molar-refractivity contribution in [3.05, 3.63) is 35.9 Å². The van der Waals surface area contributed by atoms with Crippen molar-refractivity contribution in [3.8, 4) is 0 Å². The van der Waals surface area contributed by atoms with Crippen molar-refractivity contribution in [3.63, 3.8) is 0 Å². The van der Waals surface area contributed by atoms with Crippen LogP contribution < -0.4 is 5.73 Å². The molecule has 0 unspecified atom stereocenters. The first kappa shape index (κ1) is 14.4. The van der Waals surface area contributed by atoms with Crippen molar-refractivity contribution in [2.45, 2.75) is 29.8 Å². The lowest BCUT2D eigenvalue weighted by Gasteiger charge is -2.51. The molecule has 0 bridgehead atoms. The second-order valence-corrected chi connectivity index (χ2v) is 4.61. The highest BCUT2D eigenvalue weighted by molar-refractivity contribution is 5.25. The first-order chi connectivity index (χ1) is 8.84. The summed E-state index contributed by atoms with van der Waals surface area (Å²) >= 11 is 0. The largest absolute Gasteiger partial charge is 0.394 e. The average Bonchev–Trinajstić information content (AvgIpc) is 2.42. The van der Waals surface area contributed by atoms with Gasteiger partial charge in [-0.2, -0.15) is 0 Å². The van der Waals surface area contributed by atoms with Gasteiger partial charge in [-0.1, -0.05) is 30.3 Å². The molecule has 1 aromatic rings. The van der Waals surface area contributed by atoms with Crippen molar-refractivity contribution in [1.29, 1.82) is 0 Å². The fourth-order valence-corrected chi connectivity index (χ4v) is 2.16. The Morgan fingerprint density at radius 1 is 1.16 bits per heavy atom. The summed E-state index contributed by atoms with van der Waals surface area (Å²) in [7, 11) is 0. The molecule has 0 spiro atoms. The molecule has 106 valence electrons. The van der Waals surface area contributed by atoms with Gasteiger partial charge in [0.05, 0.1) is 6.61 Å². The molecular formula is C12H17NO6. The van der Waals surface area contributed by atoms with E-state index in [9.17, 15) is 20.4 Å². The van der Waals surface area contributed by atoms with E-state index in [-0.39, 0.29) is 5.56 Å². The molecule has 1 aliphatic heterocycles. The van der Waals surface area contributed by atoms with Crippen LogP contribution in [0, 0.1) is 0 Å². The van der Waals surface area contributed by atoms with E-state index in [0.717, 1.165) is 0 Å². The van der Waals surface area contributed by atoms with E-state index in [1.165, 1.54) is 12.1 Å². The van der Waals surface area contributed by atoms with Crippen LogP contribution in [0.5, 0.6) is 0 Å². The summed E-state index contributed by atoms with van der Waals surface area (Å²) in [5, 5.41) is 49.2. The minimum atomic E-state index is -2.63. The first-order valence-electron chi connectivity index (χ1n) is 5.78. The minimum absolute atomic E-state index is 0.101. The molecule has 0 radical (unpaired) electrons. The number of hydrogen-bond donors (Lipinski definition) is 6. The van der Waals surface area contributed by atoms with E-state index in [1.54, 1.807) is 18.2 Å². The third kappa shape index (κ3) is 2.05. The van der Waals surface area contributed by atoms with Crippen LogP contribution in [-0.2, 0) is 10.5 Å². The topological polar surface area (TPSA) is 136 Å². The normalized spacial score (nSPS) is 43.2. The summed E-state index contributed by atoms with van der Waals surface area (Å²) in [4.78, 5) is 0. The fourth-order valence-electron chi connectivity index (χ4n) is 2.16. The third-order valence-electron chi connectivity index (χ3n) is 3.37. The Bertz CT molecular complexity index is 439. The van der Waals surface area contributed by atoms with Gasteiger partial charge in [0.15, 0.2) is 0 Å². The highest BCUT2D eigenvalue weighted by Crippen LogP contribution is 2.40. The minimum Gasteiger partial charge on any atom is -0.394 e. The standard InChI is InChI=1S/C12H17NO6/c13-11(17)10(16)9(15)8(6-14)19-12(11,18)7-4-2-1-3-5-7/h1-5,8-10,14-18H,6,13H2/t8-,9+,10+,11-,12-/m1/s1. The second-order valence-electron chi connectivity index (χ2n) is 4.61. The predicted octanol–water partition coefficient (Wildman–Crippen LogP) is -2.41. The van der Waals surface area contributed by atoms with E-state index >= 15 is 0 Å². The van der Waals surface area contributed by atoms with Crippen LogP contribution in [-0.4, -0.2) is 56.2 Å². The Morgan fingerprint density at radius 3 is 2.26 bits per heavy atom. The molecule has 1 saturated heterocycles. The van der Waals surface area contributed by atoms with Crippen molar-refractivity contribution in [2.24, 2.45) is 5.73 Å². The highest BCUT2D eigenvalue weighted by Gasteiger charge is 2.62. The van der Waals surface area contributed by atoms with Crippen molar-refractivity contribution >= 4 is 0 Å².